The molecule has 31 heavy (non-hydrogen) atoms. The van der Waals surface area contributed by atoms with Crippen LogP contribution in [0.3, 0.4) is 0 Å². The molecule has 1 N–H and O–H groups in total. The second-order valence-corrected chi connectivity index (χ2v) is 7.16. The summed E-state index contributed by atoms with van der Waals surface area (Å²) in [5.41, 5.74) is 0.723. The van der Waals surface area contributed by atoms with Crippen molar-refractivity contribution < 1.29 is 9.26 Å². The highest BCUT2D eigenvalue weighted by Gasteiger charge is 2.18. The zero-order valence-electron chi connectivity index (χ0n) is 17.7. The van der Waals surface area contributed by atoms with Gasteiger partial charge < -0.3 is 13.8 Å². The summed E-state index contributed by atoms with van der Waals surface area (Å²) in [6, 6.07) is 7.30. The van der Waals surface area contributed by atoms with Gasteiger partial charge in [-0.3, -0.25) is 14.3 Å². The van der Waals surface area contributed by atoms with Crippen molar-refractivity contribution in [2.45, 2.75) is 53.3 Å². The average molecular weight is 424 g/mol. The molecule has 3 aromatic heterocycles. The van der Waals surface area contributed by atoms with Crippen molar-refractivity contribution in [3.63, 3.8) is 0 Å². The van der Waals surface area contributed by atoms with Gasteiger partial charge in [0, 0.05) is 25.6 Å². The van der Waals surface area contributed by atoms with E-state index < -0.39 is 11.2 Å². The lowest BCUT2D eigenvalue weighted by molar-refractivity contribution is 0.290. The van der Waals surface area contributed by atoms with Gasteiger partial charge in [-0.15, -0.1) is 0 Å². The number of nitrogens with one attached hydrogen (secondary N) is 1. The Labute approximate surface area is 177 Å². The third-order valence-electron chi connectivity index (χ3n) is 5.02. The first-order valence-electron chi connectivity index (χ1n) is 10.3. The highest BCUT2D eigenvalue weighted by molar-refractivity contribution is 5.71. The van der Waals surface area contributed by atoms with Gasteiger partial charge in [-0.05, 0) is 37.6 Å². The van der Waals surface area contributed by atoms with Crippen molar-refractivity contribution >= 4 is 11.2 Å². The van der Waals surface area contributed by atoms with E-state index in [9.17, 15) is 9.59 Å². The van der Waals surface area contributed by atoms with E-state index in [1.54, 1.807) is 11.5 Å². The molecule has 10 heteroatoms. The Balaban J connectivity index is 1.61. The molecule has 0 bridgehead atoms. The monoisotopic (exact) mass is 424 g/mol. The Hall–Kier alpha value is -3.69. The summed E-state index contributed by atoms with van der Waals surface area (Å²) in [5.74, 6) is 2.23. The minimum atomic E-state index is -0.438. The van der Waals surface area contributed by atoms with Crippen molar-refractivity contribution in [1.29, 1.82) is 0 Å². The van der Waals surface area contributed by atoms with Gasteiger partial charge in [0.05, 0.1) is 0 Å². The van der Waals surface area contributed by atoms with Crippen LogP contribution in [0.1, 0.15) is 38.4 Å². The Morgan fingerprint density at radius 3 is 2.52 bits per heavy atom. The van der Waals surface area contributed by atoms with Gasteiger partial charge in [-0.1, -0.05) is 18.5 Å². The molecule has 4 aromatic rings. The SMILES string of the molecule is CCCCn1c(=O)[nH]c(=O)c2c1nc(COc1ccc(-c3noc(C)n3)cc1)n2CC. The number of imidazole rings is 1. The first kappa shape index (κ1) is 20.6. The van der Waals surface area contributed by atoms with Crippen LogP contribution >= 0.6 is 0 Å². The summed E-state index contributed by atoms with van der Waals surface area (Å²) in [5, 5.41) is 3.90. The van der Waals surface area contributed by atoms with Gasteiger partial charge in [0.25, 0.3) is 5.56 Å². The van der Waals surface area contributed by atoms with E-state index in [4.69, 9.17) is 9.26 Å². The number of aromatic nitrogens is 6. The van der Waals surface area contributed by atoms with Gasteiger partial charge in [-0.2, -0.15) is 4.98 Å². The normalized spacial score (nSPS) is 11.3. The number of ether oxygens (including phenoxy) is 1. The minimum Gasteiger partial charge on any atom is -0.486 e. The van der Waals surface area contributed by atoms with Gasteiger partial charge in [0.1, 0.15) is 18.2 Å². The lowest BCUT2D eigenvalue weighted by Crippen LogP contribution is -2.31. The van der Waals surface area contributed by atoms with E-state index in [1.165, 1.54) is 4.57 Å². The number of rotatable bonds is 8. The molecule has 0 amide bonds. The first-order chi connectivity index (χ1) is 15.0. The molecule has 0 atom stereocenters. The van der Waals surface area contributed by atoms with Crippen molar-refractivity contribution in [3.05, 3.63) is 56.8 Å². The topological polar surface area (TPSA) is 121 Å². The zero-order valence-corrected chi connectivity index (χ0v) is 17.7. The number of hydrogen-bond acceptors (Lipinski definition) is 7. The van der Waals surface area contributed by atoms with Crippen LogP contribution in [0.2, 0.25) is 0 Å². The van der Waals surface area contributed by atoms with Crippen LogP contribution in [-0.4, -0.2) is 29.2 Å². The molecule has 0 aliphatic carbocycles. The molecule has 0 unspecified atom stereocenters. The zero-order chi connectivity index (χ0) is 22.0. The van der Waals surface area contributed by atoms with Crippen LogP contribution in [-0.2, 0) is 19.7 Å². The Kier molecular flexibility index (Phi) is 5.70. The number of aromatic amines is 1. The summed E-state index contributed by atoms with van der Waals surface area (Å²) >= 11 is 0. The Morgan fingerprint density at radius 1 is 1.10 bits per heavy atom. The number of hydrogen-bond donors (Lipinski definition) is 1. The molecule has 0 aliphatic heterocycles. The highest BCUT2D eigenvalue weighted by Crippen LogP contribution is 2.21. The maximum Gasteiger partial charge on any atom is 0.330 e. The molecule has 0 saturated carbocycles. The van der Waals surface area contributed by atoms with Crippen molar-refractivity contribution in [3.8, 4) is 17.1 Å². The van der Waals surface area contributed by atoms with Crippen LogP contribution in [0.25, 0.3) is 22.6 Å². The van der Waals surface area contributed by atoms with Crippen LogP contribution in [0.4, 0.5) is 0 Å². The van der Waals surface area contributed by atoms with E-state index in [0.717, 1.165) is 18.4 Å². The van der Waals surface area contributed by atoms with Crippen molar-refractivity contribution in [2.75, 3.05) is 0 Å². The molecule has 0 radical (unpaired) electrons. The molecule has 162 valence electrons. The summed E-state index contributed by atoms with van der Waals surface area (Å²) < 4.78 is 14.2. The molecule has 0 fully saturated rings. The average Bonchev–Trinajstić information content (AvgIpc) is 3.36. The van der Waals surface area contributed by atoms with Crippen molar-refractivity contribution in [2.24, 2.45) is 0 Å². The standard InChI is InChI=1S/C21H24N6O4/c1-4-6-11-27-19-17(20(28)24-21(27)29)26(5-2)16(23-19)12-30-15-9-7-14(8-10-15)18-22-13(3)31-25-18/h7-10H,4-6,11-12H2,1-3H3,(H,24,28,29). The largest absolute Gasteiger partial charge is 0.486 e. The number of aryl methyl sites for hydroxylation is 3. The molecule has 4 rings (SSSR count). The molecule has 0 saturated heterocycles. The van der Waals surface area contributed by atoms with Crippen molar-refractivity contribution in [1.82, 2.24) is 29.2 Å². The Bertz CT molecular complexity index is 1310. The lowest BCUT2D eigenvalue weighted by Gasteiger charge is -2.08. The van der Waals surface area contributed by atoms with Gasteiger partial charge in [0.15, 0.2) is 11.2 Å². The third-order valence-corrected chi connectivity index (χ3v) is 5.02. The first-order valence-corrected chi connectivity index (χ1v) is 10.3. The summed E-state index contributed by atoms with van der Waals surface area (Å²) in [6.45, 7) is 6.89. The van der Waals surface area contributed by atoms with E-state index in [-0.39, 0.29) is 6.61 Å². The van der Waals surface area contributed by atoms with E-state index in [2.05, 4.69) is 20.1 Å². The Morgan fingerprint density at radius 2 is 1.87 bits per heavy atom. The fourth-order valence-corrected chi connectivity index (χ4v) is 3.46. The molecule has 1 aromatic carbocycles. The van der Waals surface area contributed by atoms with Gasteiger partial charge in [-0.25, -0.2) is 9.78 Å². The number of fused-ring (bicyclic) bond motifs is 1. The lowest BCUT2D eigenvalue weighted by atomic mass is 10.2. The second kappa shape index (κ2) is 8.58. The van der Waals surface area contributed by atoms with Gasteiger partial charge in [0.2, 0.25) is 11.7 Å². The minimum absolute atomic E-state index is 0.157. The number of unbranched alkanes of at least 4 members (excludes halogenated alkanes) is 1. The maximum atomic E-state index is 12.5. The fraction of sp³-hybridized carbons (Fsp3) is 0.381. The van der Waals surface area contributed by atoms with Crippen LogP contribution in [0.5, 0.6) is 5.75 Å². The van der Waals surface area contributed by atoms with E-state index >= 15 is 0 Å². The number of nitrogens with zero attached hydrogens (tertiary/aromatic N) is 5. The van der Waals surface area contributed by atoms with Crippen LogP contribution in [0.15, 0.2) is 38.4 Å². The third kappa shape index (κ3) is 4.00. The fourth-order valence-electron chi connectivity index (χ4n) is 3.46. The molecule has 0 aliphatic rings. The number of H-pyrrole nitrogens is 1. The second-order valence-electron chi connectivity index (χ2n) is 7.16. The van der Waals surface area contributed by atoms with Gasteiger partial charge >= 0.3 is 5.69 Å². The summed E-state index contributed by atoms with van der Waals surface area (Å²) in [6.07, 6.45) is 1.75. The molecular weight excluding hydrogens is 400 g/mol. The predicted octanol–water partition coefficient (Wildman–Crippen LogP) is 2.64. The quantitative estimate of drug-likeness (QED) is 0.461. The number of benzene rings is 1. The highest BCUT2D eigenvalue weighted by atomic mass is 16.5. The molecule has 3 heterocycles. The van der Waals surface area contributed by atoms with Crippen LogP contribution < -0.4 is 16.0 Å². The smallest absolute Gasteiger partial charge is 0.330 e. The van der Waals surface area contributed by atoms with E-state index in [1.807, 2.05) is 38.1 Å². The molecule has 0 spiro atoms. The molecular formula is C21H24N6O4. The van der Waals surface area contributed by atoms with Crippen LogP contribution in [0, 0.1) is 6.92 Å². The van der Waals surface area contributed by atoms with E-state index in [0.29, 0.717) is 47.5 Å². The summed E-state index contributed by atoms with van der Waals surface area (Å²) in [4.78, 5) is 36.0. The predicted molar refractivity (Wildman–Crippen MR) is 114 cm³/mol. The summed E-state index contributed by atoms with van der Waals surface area (Å²) in [7, 11) is 0. The molecule has 10 nitrogen and oxygen atoms in total. The maximum absolute atomic E-state index is 12.5.